The Kier molecular flexibility index (Phi) is 2.99. The van der Waals surface area contributed by atoms with E-state index in [0.717, 1.165) is 12.2 Å². The fraction of sp³-hybridized carbons (Fsp3) is 0.500. The molecule has 0 N–H and O–H groups in total. The summed E-state index contributed by atoms with van der Waals surface area (Å²) < 4.78 is 5.32. The first-order chi connectivity index (χ1) is 7.61. The van der Waals surface area contributed by atoms with Crippen molar-refractivity contribution in [1.82, 2.24) is 0 Å². The molecular weight excluding hydrogens is 198 g/mol. The van der Waals surface area contributed by atoms with Crippen molar-refractivity contribution in [1.29, 1.82) is 0 Å². The van der Waals surface area contributed by atoms with Crippen LogP contribution in [0.1, 0.15) is 30.5 Å². The molecule has 2 heteroatoms. The summed E-state index contributed by atoms with van der Waals surface area (Å²) in [5.74, 6) is 1.56. The molecule has 0 amide bonds. The Morgan fingerprint density at radius 1 is 1.38 bits per heavy atom. The van der Waals surface area contributed by atoms with Gasteiger partial charge in [0.05, 0.1) is 13.2 Å². The zero-order valence-corrected chi connectivity index (χ0v) is 10.4. The van der Waals surface area contributed by atoms with E-state index in [4.69, 9.17) is 4.74 Å². The van der Waals surface area contributed by atoms with E-state index in [9.17, 15) is 0 Å². The number of aliphatic imine (C=N–C) groups is 1. The monoisotopic (exact) mass is 217 g/mol. The number of nitrogens with zero attached hydrogens (tertiary/aromatic N) is 1. The number of aryl methyl sites for hydroxylation is 1. The molecule has 0 aromatic heterocycles. The first kappa shape index (κ1) is 11.2. The van der Waals surface area contributed by atoms with Crippen LogP contribution in [0, 0.1) is 12.8 Å². The van der Waals surface area contributed by atoms with Crippen molar-refractivity contribution in [3.8, 4) is 5.75 Å². The lowest BCUT2D eigenvalue weighted by Gasteiger charge is -2.22. The predicted octanol–water partition coefficient (Wildman–Crippen LogP) is 3.00. The number of methoxy groups -OCH3 is 1. The molecule has 0 saturated heterocycles. The van der Waals surface area contributed by atoms with Crippen molar-refractivity contribution >= 4 is 6.21 Å². The second-order valence-corrected chi connectivity index (χ2v) is 4.81. The standard InChI is InChI=1S/C14H19NO/c1-9(2)13-6-11-5-10(3)14(16-4)7-12(11)8-15-13/h5,7-9,13H,6H2,1-4H3. The largest absolute Gasteiger partial charge is 0.496 e. The quantitative estimate of drug-likeness (QED) is 0.746. The van der Waals surface area contributed by atoms with Crippen molar-refractivity contribution in [3.05, 3.63) is 28.8 Å². The molecule has 2 rings (SSSR count). The third-order valence-corrected chi connectivity index (χ3v) is 3.26. The summed E-state index contributed by atoms with van der Waals surface area (Å²) in [7, 11) is 1.71. The van der Waals surface area contributed by atoms with Crippen molar-refractivity contribution < 1.29 is 4.74 Å². The molecule has 86 valence electrons. The molecule has 1 atom stereocenters. The van der Waals surface area contributed by atoms with Gasteiger partial charge in [-0.05, 0) is 42.0 Å². The molecule has 1 aliphatic rings. The Hall–Kier alpha value is -1.31. The van der Waals surface area contributed by atoms with Crippen LogP contribution in [0.2, 0.25) is 0 Å². The van der Waals surface area contributed by atoms with Crippen LogP contribution >= 0.6 is 0 Å². The lowest BCUT2D eigenvalue weighted by molar-refractivity contribution is 0.411. The van der Waals surface area contributed by atoms with E-state index in [1.54, 1.807) is 7.11 Å². The van der Waals surface area contributed by atoms with Crippen LogP contribution in [0.15, 0.2) is 17.1 Å². The van der Waals surface area contributed by atoms with E-state index in [2.05, 4.69) is 37.9 Å². The van der Waals surface area contributed by atoms with E-state index < -0.39 is 0 Å². The van der Waals surface area contributed by atoms with Crippen molar-refractivity contribution in [2.24, 2.45) is 10.9 Å². The highest BCUT2D eigenvalue weighted by molar-refractivity contribution is 5.84. The van der Waals surface area contributed by atoms with Gasteiger partial charge in [-0.25, -0.2) is 0 Å². The van der Waals surface area contributed by atoms with Gasteiger partial charge in [-0.2, -0.15) is 0 Å². The number of hydrogen-bond donors (Lipinski definition) is 0. The summed E-state index contributed by atoms with van der Waals surface area (Å²) in [5, 5.41) is 0. The van der Waals surface area contributed by atoms with Gasteiger partial charge in [-0.3, -0.25) is 4.99 Å². The average molecular weight is 217 g/mol. The van der Waals surface area contributed by atoms with Crippen LogP contribution in [0.25, 0.3) is 0 Å². The van der Waals surface area contributed by atoms with Gasteiger partial charge < -0.3 is 4.74 Å². The van der Waals surface area contributed by atoms with Crippen molar-refractivity contribution in [2.75, 3.05) is 7.11 Å². The molecule has 0 saturated carbocycles. The highest BCUT2D eigenvalue weighted by atomic mass is 16.5. The molecule has 1 unspecified atom stereocenters. The van der Waals surface area contributed by atoms with Gasteiger partial charge in [-0.15, -0.1) is 0 Å². The smallest absolute Gasteiger partial charge is 0.122 e. The van der Waals surface area contributed by atoms with E-state index in [-0.39, 0.29) is 0 Å². The predicted molar refractivity (Wildman–Crippen MR) is 67.7 cm³/mol. The van der Waals surface area contributed by atoms with Crippen LogP contribution in [0.5, 0.6) is 5.75 Å². The first-order valence-corrected chi connectivity index (χ1v) is 5.82. The SMILES string of the molecule is COc1cc2c(cc1C)CC(C(C)C)N=C2. The number of ether oxygens (including phenoxy) is 1. The van der Waals surface area contributed by atoms with E-state index in [0.29, 0.717) is 12.0 Å². The molecule has 1 heterocycles. The van der Waals surface area contributed by atoms with Crippen molar-refractivity contribution in [2.45, 2.75) is 33.2 Å². The van der Waals surface area contributed by atoms with E-state index in [1.165, 1.54) is 16.7 Å². The second-order valence-electron chi connectivity index (χ2n) is 4.81. The molecule has 0 bridgehead atoms. The van der Waals surface area contributed by atoms with E-state index >= 15 is 0 Å². The molecule has 1 aromatic carbocycles. The number of benzene rings is 1. The van der Waals surface area contributed by atoms with Gasteiger partial charge in [0.2, 0.25) is 0 Å². The minimum Gasteiger partial charge on any atom is -0.496 e. The second kappa shape index (κ2) is 4.28. The molecule has 1 aliphatic heterocycles. The van der Waals surface area contributed by atoms with Crippen LogP contribution in [0.4, 0.5) is 0 Å². The first-order valence-electron chi connectivity index (χ1n) is 5.82. The summed E-state index contributed by atoms with van der Waals surface area (Å²) in [6.07, 6.45) is 3.04. The van der Waals surface area contributed by atoms with Crippen LogP contribution in [-0.2, 0) is 6.42 Å². The minimum atomic E-state index is 0.431. The molecule has 0 aliphatic carbocycles. The lowest BCUT2D eigenvalue weighted by Crippen LogP contribution is -2.21. The van der Waals surface area contributed by atoms with Crippen LogP contribution < -0.4 is 4.74 Å². The number of rotatable bonds is 2. The topological polar surface area (TPSA) is 21.6 Å². The number of fused-ring (bicyclic) bond motifs is 1. The van der Waals surface area contributed by atoms with Gasteiger partial charge in [0.1, 0.15) is 5.75 Å². The number of hydrogen-bond acceptors (Lipinski definition) is 2. The summed E-state index contributed by atoms with van der Waals surface area (Å²) >= 11 is 0. The third kappa shape index (κ3) is 1.97. The summed E-state index contributed by atoms with van der Waals surface area (Å²) in [6, 6.07) is 4.75. The van der Waals surface area contributed by atoms with Gasteiger partial charge >= 0.3 is 0 Å². The molecule has 1 aromatic rings. The summed E-state index contributed by atoms with van der Waals surface area (Å²) in [5.41, 5.74) is 3.81. The summed E-state index contributed by atoms with van der Waals surface area (Å²) in [6.45, 7) is 6.54. The van der Waals surface area contributed by atoms with Crippen LogP contribution in [0.3, 0.4) is 0 Å². The molecule has 0 radical (unpaired) electrons. The highest BCUT2D eigenvalue weighted by Crippen LogP contribution is 2.27. The van der Waals surface area contributed by atoms with Gasteiger partial charge in [-0.1, -0.05) is 19.9 Å². The molecule has 16 heavy (non-hydrogen) atoms. The Bertz CT molecular complexity index is 421. The molecule has 2 nitrogen and oxygen atoms in total. The summed E-state index contributed by atoms with van der Waals surface area (Å²) in [4.78, 5) is 4.59. The fourth-order valence-electron chi connectivity index (χ4n) is 2.14. The van der Waals surface area contributed by atoms with E-state index in [1.807, 2.05) is 6.21 Å². The van der Waals surface area contributed by atoms with Gasteiger partial charge in [0, 0.05) is 6.21 Å². The fourth-order valence-corrected chi connectivity index (χ4v) is 2.14. The maximum Gasteiger partial charge on any atom is 0.122 e. The Balaban J connectivity index is 2.36. The Morgan fingerprint density at radius 3 is 2.75 bits per heavy atom. The average Bonchev–Trinajstić information content (AvgIpc) is 2.27. The van der Waals surface area contributed by atoms with Crippen LogP contribution in [-0.4, -0.2) is 19.4 Å². The highest BCUT2D eigenvalue weighted by Gasteiger charge is 2.19. The zero-order chi connectivity index (χ0) is 11.7. The minimum absolute atomic E-state index is 0.431. The molecule has 0 spiro atoms. The van der Waals surface area contributed by atoms with Gasteiger partial charge in [0.15, 0.2) is 0 Å². The van der Waals surface area contributed by atoms with Gasteiger partial charge in [0.25, 0.3) is 0 Å². The normalized spacial score (nSPS) is 18.7. The Labute approximate surface area is 97.4 Å². The van der Waals surface area contributed by atoms with Crippen molar-refractivity contribution in [3.63, 3.8) is 0 Å². The zero-order valence-electron chi connectivity index (χ0n) is 10.4. The Morgan fingerprint density at radius 2 is 2.12 bits per heavy atom. The third-order valence-electron chi connectivity index (χ3n) is 3.26. The molecule has 0 fully saturated rings. The maximum atomic E-state index is 5.32. The maximum absolute atomic E-state index is 5.32. The lowest BCUT2D eigenvalue weighted by atomic mass is 9.90. The molecular formula is C14H19NO.